The molecule has 35 heavy (non-hydrogen) atoms. The first-order valence-electron chi connectivity index (χ1n) is 11.4. The van der Waals surface area contributed by atoms with E-state index in [-0.39, 0.29) is 31.3 Å². The molecule has 0 aliphatic rings. The SMILES string of the molecule is CCNC(=O)[C@H](C)N(Cc1ccc(Cl)c(Cl)c1)C(=O)CCCN(c1cc(C)ccc1C)S(C)(=O)=O. The maximum Gasteiger partial charge on any atom is 0.242 e. The third kappa shape index (κ3) is 8.12. The molecule has 10 heteroatoms. The Morgan fingerprint density at radius 1 is 1.06 bits per heavy atom. The Kier molecular flexibility index (Phi) is 10.4. The molecule has 1 N–H and O–H groups in total. The first kappa shape index (κ1) is 28.9. The predicted octanol–water partition coefficient (Wildman–Crippen LogP) is 4.71. The van der Waals surface area contributed by atoms with Gasteiger partial charge in [0.2, 0.25) is 21.8 Å². The van der Waals surface area contributed by atoms with E-state index in [4.69, 9.17) is 23.2 Å². The van der Waals surface area contributed by atoms with Crippen LogP contribution in [0.15, 0.2) is 36.4 Å². The van der Waals surface area contributed by atoms with Crippen molar-refractivity contribution < 1.29 is 18.0 Å². The molecule has 192 valence electrons. The van der Waals surface area contributed by atoms with E-state index in [1.165, 1.54) is 9.21 Å². The minimum absolute atomic E-state index is 0.0714. The van der Waals surface area contributed by atoms with E-state index in [9.17, 15) is 18.0 Å². The van der Waals surface area contributed by atoms with Gasteiger partial charge in [-0.2, -0.15) is 0 Å². The molecule has 0 radical (unpaired) electrons. The topological polar surface area (TPSA) is 86.8 Å². The summed E-state index contributed by atoms with van der Waals surface area (Å²) in [6, 6.07) is 9.97. The van der Waals surface area contributed by atoms with Crippen LogP contribution >= 0.6 is 23.2 Å². The van der Waals surface area contributed by atoms with Gasteiger partial charge in [-0.15, -0.1) is 0 Å². The highest BCUT2D eigenvalue weighted by Crippen LogP contribution is 2.26. The van der Waals surface area contributed by atoms with Gasteiger partial charge in [-0.3, -0.25) is 13.9 Å². The van der Waals surface area contributed by atoms with Gasteiger partial charge in [0.25, 0.3) is 0 Å². The maximum absolute atomic E-state index is 13.3. The van der Waals surface area contributed by atoms with E-state index in [1.54, 1.807) is 25.1 Å². The molecule has 7 nitrogen and oxygen atoms in total. The standard InChI is InChI=1S/C25H33Cl2N3O4S/c1-6-28-25(32)19(4)29(16-20-11-12-21(26)22(27)15-20)24(31)8-7-13-30(35(5,33)34)23-14-17(2)9-10-18(23)3/h9-12,14-15,19H,6-8,13,16H2,1-5H3,(H,28,32)/t19-/m0/s1. The molecule has 0 heterocycles. The molecule has 0 aliphatic heterocycles. The third-order valence-corrected chi connectivity index (χ3v) is 7.56. The van der Waals surface area contributed by atoms with E-state index in [0.29, 0.717) is 28.7 Å². The number of likely N-dealkylation sites (N-methyl/N-ethyl adjacent to an activating group) is 1. The number of carbonyl (C=O) groups is 2. The number of amides is 2. The van der Waals surface area contributed by atoms with E-state index in [2.05, 4.69) is 5.32 Å². The number of sulfonamides is 1. The highest BCUT2D eigenvalue weighted by Gasteiger charge is 2.27. The smallest absolute Gasteiger partial charge is 0.242 e. The van der Waals surface area contributed by atoms with Crippen molar-refractivity contribution in [3.05, 3.63) is 63.1 Å². The Morgan fingerprint density at radius 2 is 1.74 bits per heavy atom. The van der Waals surface area contributed by atoms with Crippen molar-refractivity contribution in [2.75, 3.05) is 23.7 Å². The Morgan fingerprint density at radius 3 is 2.34 bits per heavy atom. The van der Waals surface area contributed by atoms with Gasteiger partial charge >= 0.3 is 0 Å². The molecule has 2 aromatic rings. The lowest BCUT2D eigenvalue weighted by Gasteiger charge is -2.29. The van der Waals surface area contributed by atoms with Crippen LogP contribution in [0, 0.1) is 13.8 Å². The second-order valence-electron chi connectivity index (χ2n) is 8.57. The Bertz CT molecular complexity index is 1170. The van der Waals surface area contributed by atoms with Crippen molar-refractivity contribution in [1.82, 2.24) is 10.2 Å². The van der Waals surface area contributed by atoms with Crippen LogP contribution in [0.3, 0.4) is 0 Å². The molecule has 0 bridgehead atoms. The van der Waals surface area contributed by atoms with Crippen molar-refractivity contribution >= 4 is 50.7 Å². The van der Waals surface area contributed by atoms with Crippen LogP contribution in [-0.4, -0.2) is 50.5 Å². The van der Waals surface area contributed by atoms with Gasteiger partial charge in [-0.1, -0.05) is 41.4 Å². The van der Waals surface area contributed by atoms with Crippen LogP contribution in [-0.2, 0) is 26.2 Å². The Hall–Kier alpha value is -2.29. The number of halogens is 2. The van der Waals surface area contributed by atoms with Gasteiger partial charge < -0.3 is 10.2 Å². The Balaban J connectivity index is 2.21. The molecule has 0 saturated heterocycles. The lowest BCUT2D eigenvalue weighted by atomic mass is 10.1. The maximum atomic E-state index is 13.3. The predicted molar refractivity (Wildman–Crippen MR) is 142 cm³/mol. The van der Waals surface area contributed by atoms with Crippen molar-refractivity contribution in [2.45, 2.75) is 53.1 Å². The monoisotopic (exact) mass is 541 g/mol. The summed E-state index contributed by atoms with van der Waals surface area (Å²) in [5.41, 5.74) is 3.11. The van der Waals surface area contributed by atoms with Crippen LogP contribution < -0.4 is 9.62 Å². The summed E-state index contributed by atoms with van der Waals surface area (Å²) >= 11 is 12.1. The number of anilines is 1. The molecule has 0 spiro atoms. The normalized spacial score (nSPS) is 12.2. The number of aryl methyl sites for hydroxylation is 2. The molecule has 2 amide bonds. The average Bonchev–Trinajstić information content (AvgIpc) is 2.78. The number of benzene rings is 2. The largest absolute Gasteiger partial charge is 0.355 e. The highest BCUT2D eigenvalue weighted by molar-refractivity contribution is 7.92. The molecule has 0 fully saturated rings. The van der Waals surface area contributed by atoms with Crippen molar-refractivity contribution in [1.29, 1.82) is 0 Å². The number of nitrogens with one attached hydrogen (secondary N) is 1. The molecule has 0 unspecified atom stereocenters. The number of nitrogens with zero attached hydrogens (tertiary/aromatic N) is 2. The van der Waals surface area contributed by atoms with Crippen molar-refractivity contribution in [3.8, 4) is 0 Å². The molecular weight excluding hydrogens is 509 g/mol. The van der Waals surface area contributed by atoms with E-state index in [1.807, 2.05) is 39.0 Å². The van der Waals surface area contributed by atoms with Gasteiger partial charge in [0.05, 0.1) is 22.0 Å². The number of hydrogen-bond acceptors (Lipinski definition) is 4. The zero-order valence-electron chi connectivity index (χ0n) is 20.8. The van der Waals surface area contributed by atoms with E-state index < -0.39 is 16.1 Å². The minimum Gasteiger partial charge on any atom is -0.355 e. The highest BCUT2D eigenvalue weighted by atomic mass is 35.5. The van der Waals surface area contributed by atoms with Crippen LogP contribution in [0.2, 0.25) is 10.0 Å². The fraction of sp³-hybridized carbons (Fsp3) is 0.440. The molecular formula is C25H33Cl2N3O4S. The zero-order chi connectivity index (χ0) is 26.3. The van der Waals surface area contributed by atoms with Crippen LogP contribution in [0.25, 0.3) is 0 Å². The minimum atomic E-state index is -3.55. The fourth-order valence-electron chi connectivity index (χ4n) is 3.71. The van der Waals surface area contributed by atoms with E-state index >= 15 is 0 Å². The number of rotatable bonds is 11. The molecule has 1 atom stereocenters. The summed E-state index contributed by atoms with van der Waals surface area (Å²) in [6.45, 7) is 7.98. The second kappa shape index (κ2) is 12.6. The Labute approximate surface area is 218 Å². The van der Waals surface area contributed by atoms with Crippen LogP contribution in [0.5, 0.6) is 0 Å². The van der Waals surface area contributed by atoms with Gasteiger partial charge in [0, 0.05) is 26.1 Å². The van der Waals surface area contributed by atoms with E-state index in [0.717, 1.165) is 22.9 Å². The van der Waals surface area contributed by atoms with Crippen LogP contribution in [0.1, 0.15) is 43.4 Å². The molecule has 0 saturated carbocycles. The first-order valence-corrected chi connectivity index (χ1v) is 14.0. The summed E-state index contributed by atoms with van der Waals surface area (Å²) in [7, 11) is -3.55. The molecule has 0 aliphatic carbocycles. The van der Waals surface area contributed by atoms with Crippen molar-refractivity contribution in [3.63, 3.8) is 0 Å². The number of carbonyl (C=O) groups excluding carboxylic acids is 2. The molecule has 2 rings (SSSR count). The summed E-state index contributed by atoms with van der Waals surface area (Å²) in [4.78, 5) is 27.3. The second-order valence-corrected chi connectivity index (χ2v) is 11.3. The van der Waals surface area contributed by atoms with Gasteiger partial charge in [-0.25, -0.2) is 8.42 Å². The van der Waals surface area contributed by atoms with Gasteiger partial charge in [0.1, 0.15) is 6.04 Å². The molecule has 0 aromatic heterocycles. The summed E-state index contributed by atoms with van der Waals surface area (Å²) in [6.07, 6.45) is 1.52. The van der Waals surface area contributed by atoms with Gasteiger partial charge in [-0.05, 0) is 69.0 Å². The summed E-state index contributed by atoms with van der Waals surface area (Å²) in [5.74, 6) is -0.529. The fourth-order valence-corrected chi connectivity index (χ4v) is 5.05. The van der Waals surface area contributed by atoms with Gasteiger partial charge in [0.15, 0.2) is 0 Å². The quantitative estimate of drug-likeness (QED) is 0.446. The first-order chi connectivity index (χ1) is 16.3. The zero-order valence-corrected chi connectivity index (χ0v) is 23.1. The lowest BCUT2D eigenvalue weighted by Crippen LogP contribution is -2.47. The molecule has 2 aromatic carbocycles. The average molecular weight is 543 g/mol. The number of hydrogen-bond donors (Lipinski definition) is 1. The van der Waals surface area contributed by atoms with Crippen molar-refractivity contribution in [2.24, 2.45) is 0 Å². The summed E-state index contributed by atoms with van der Waals surface area (Å²) in [5, 5.41) is 3.51. The third-order valence-electron chi connectivity index (χ3n) is 5.64. The van der Waals surface area contributed by atoms with Crippen LogP contribution in [0.4, 0.5) is 5.69 Å². The summed E-state index contributed by atoms with van der Waals surface area (Å²) < 4.78 is 26.4. The lowest BCUT2D eigenvalue weighted by molar-refractivity contribution is -0.140.